The molecule has 0 bridgehead atoms. The molecule has 156 valence electrons. The topological polar surface area (TPSA) is 77.0 Å². The van der Waals surface area contributed by atoms with Gasteiger partial charge in [-0.05, 0) is 56.9 Å². The molecule has 2 aromatic rings. The van der Waals surface area contributed by atoms with Gasteiger partial charge in [-0.3, -0.25) is 4.79 Å². The zero-order chi connectivity index (χ0) is 21.3. The van der Waals surface area contributed by atoms with E-state index in [-0.39, 0.29) is 23.6 Å². The quantitative estimate of drug-likeness (QED) is 0.727. The Balaban J connectivity index is 1.52. The van der Waals surface area contributed by atoms with Crippen LogP contribution in [0.2, 0.25) is 5.02 Å². The van der Waals surface area contributed by atoms with E-state index in [1.807, 2.05) is 19.9 Å². The molecular weight excluding hydrogens is 407 g/mol. The Kier molecular flexibility index (Phi) is 5.56. The summed E-state index contributed by atoms with van der Waals surface area (Å²) >= 11 is 5.98. The second-order valence-corrected chi connectivity index (χ2v) is 8.22. The van der Waals surface area contributed by atoms with Crippen molar-refractivity contribution >= 4 is 23.3 Å². The third-order valence-electron chi connectivity index (χ3n) is 5.75. The maximum absolute atomic E-state index is 13.5. The minimum absolute atomic E-state index is 0.00765. The highest BCUT2D eigenvalue weighted by molar-refractivity contribution is 6.30. The zero-order valence-corrected chi connectivity index (χ0v) is 17.5. The van der Waals surface area contributed by atoms with Gasteiger partial charge in [0.2, 0.25) is 5.91 Å². The van der Waals surface area contributed by atoms with Crippen molar-refractivity contribution in [3.05, 3.63) is 65.1 Å². The Bertz CT molecular complexity index is 1040. The summed E-state index contributed by atoms with van der Waals surface area (Å²) in [7, 11) is 0. The van der Waals surface area contributed by atoms with Crippen molar-refractivity contribution < 1.29 is 13.9 Å². The first-order chi connectivity index (χ1) is 14.4. The van der Waals surface area contributed by atoms with Crippen LogP contribution in [0.1, 0.15) is 24.4 Å². The molecule has 0 aromatic carbocycles. The summed E-state index contributed by atoms with van der Waals surface area (Å²) in [5, 5.41) is 3.33. The summed E-state index contributed by atoms with van der Waals surface area (Å²) < 4.78 is 19.6. The number of carbonyl (C=O) groups is 1. The maximum atomic E-state index is 13.5. The van der Waals surface area contributed by atoms with E-state index >= 15 is 0 Å². The van der Waals surface area contributed by atoms with Gasteiger partial charge in [0, 0.05) is 22.6 Å². The summed E-state index contributed by atoms with van der Waals surface area (Å²) in [5.74, 6) is 0.971. The van der Waals surface area contributed by atoms with Crippen LogP contribution in [0, 0.1) is 31.1 Å². The normalized spacial score (nSPS) is 24.9. The number of allylic oxidation sites excluding steroid dienone is 4. The SMILES string of the molecule is Cc1ncc(OC[C@@]2(C3C=CC(F)=CC3)C[C@H]2C(=O)Nc2cc(Cl)ccn2)c(C)n1. The molecule has 30 heavy (non-hydrogen) atoms. The number of halogens is 2. The lowest BCUT2D eigenvalue weighted by atomic mass is 9.82. The van der Waals surface area contributed by atoms with E-state index in [1.54, 1.807) is 30.6 Å². The highest BCUT2D eigenvalue weighted by Crippen LogP contribution is 2.60. The van der Waals surface area contributed by atoms with E-state index in [4.69, 9.17) is 16.3 Å². The van der Waals surface area contributed by atoms with E-state index in [1.165, 1.54) is 6.08 Å². The number of aromatic nitrogens is 3. The van der Waals surface area contributed by atoms with Crippen LogP contribution >= 0.6 is 11.6 Å². The third-order valence-corrected chi connectivity index (χ3v) is 5.99. The monoisotopic (exact) mass is 428 g/mol. The van der Waals surface area contributed by atoms with Gasteiger partial charge in [-0.2, -0.15) is 0 Å². The smallest absolute Gasteiger partial charge is 0.229 e. The average molecular weight is 429 g/mol. The molecule has 2 aromatic heterocycles. The van der Waals surface area contributed by atoms with E-state index in [2.05, 4.69) is 20.3 Å². The molecule has 1 N–H and O–H groups in total. The van der Waals surface area contributed by atoms with Crippen LogP contribution in [0.4, 0.5) is 10.2 Å². The third kappa shape index (κ3) is 4.21. The molecule has 1 unspecified atom stereocenters. The Labute approximate surface area is 179 Å². The van der Waals surface area contributed by atoms with E-state index in [0.29, 0.717) is 41.9 Å². The summed E-state index contributed by atoms with van der Waals surface area (Å²) in [5.41, 5.74) is 0.306. The van der Waals surface area contributed by atoms with E-state index < -0.39 is 5.41 Å². The Hall–Kier alpha value is -2.80. The van der Waals surface area contributed by atoms with Gasteiger partial charge < -0.3 is 10.1 Å². The molecule has 2 aliphatic rings. The molecular formula is C22H22ClFN4O2. The summed E-state index contributed by atoms with van der Waals surface area (Å²) in [4.78, 5) is 25.6. The van der Waals surface area contributed by atoms with Gasteiger partial charge >= 0.3 is 0 Å². The highest BCUT2D eigenvalue weighted by atomic mass is 35.5. The van der Waals surface area contributed by atoms with Crippen LogP contribution in [0.3, 0.4) is 0 Å². The second kappa shape index (κ2) is 8.14. The molecule has 3 atom stereocenters. The lowest BCUT2D eigenvalue weighted by molar-refractivity contribution is -0.118. The van der Waals surface area contributed by atoms with Gasteiger partial charge in [-0.15, -0.1) is 0 Å². The molecule has 0 spiro atoms. The van der Waals surface area contributed by atoms with Crippen molar-refractivity contribution in [1.82, 2.24) is 15.0 Å². The molecule has 2 aliphatic carbocycles. The first-order valence-electron chi connectivity index (χ1n) is 9.77. The molecule has 2 heterocycles. The fraction of sp³-hybridized carbons (Fsp3) is 0.364. The molecule has 8 heteroatoms. The van der Waals surface area contributed by atoms with E-state index in [0.717, 1.165) is 5.69 Å². The summed E-state index contributed by atoms with van der Waals surface area (Å²) in [6.07, 6.45) is 9.19. The fourth-order valence-electron chi connectivity index (χ4n) is 3.98. The number of pyridine rings is 1. The molecule has 0 saturated heterocycles. The van der Waals surface area contributed by atoms with Crippen LogP contribution in [0.5, 0.6) is 5.75 Å². The molecule has 0 aliphatic heterocycles. The lowest BCUT2D eigenvalue weighted by Crippen LogP contribution is -2.29. The van der Waals surface area contributed by atoms with Gasteiger partial charge in [0.25, 0.3) is 0 Å². The molecule has 1 fully saturated rings. The van der Waals surface area contributed by atoms with E-state index in [9.17, 15) is 9.18 Å². The van der Waals surface area contributed by atoms with Gasteiger partial charge in [0.15, 0.2) is 5.75 Å². The van der Waals surface area contributed by atoms with Crippen LogP contribution in [-0.4, -0.2) is 27.5 Å². The Morgan fingerprint density at radius 2 is 2.23 bits per heavy atom. The molecule has 1 amide bonds. The summed E-state index contributed by atoms with van der Waals surface area (Å²) in [6.45, 7) is 3.99. The number of carbonyl (C=O) groups excluding carboxylic acids is 1. The number of nitrogens with zero attached hydrogens (tertiary/aromatic N) is 3. The number of amides is 1. The number of hydrogen-bond acceptors (Lipinski definition) is 5. The molecule has 1 saturated carbocycles. The molecule has 0 radical (unpaired) electrons. The largest absolute Gasteiger partial charge is 0.489 e. The number of aryl methyl sites for hydroxylation is 2. The predicted molar refractivity (Wildman–Crippen MR) is 112 cm³/mol. The molecule has 4 rings (SSSR count). The number of hydrogen-bond donors (Lipinski definition) is 1. The minimum atomic E-state index is -0.437. The Morgan fingerprint density at radius 3 is 2.93 bits per heavy atom. The maximum Gasteiger partial charge on any atom is 0.229 e. The standard InChI is InChI=1S/C22H22ClFN4O2/c1-13-19(11-26-14(2)27-13)30-12-22(15-3-5-17(24)6-4-15)10-18(22)21(29)28-20-9-16(23)7-8-25-20/h3,5-9,11,15,18H,4,10,12H2,1-2H3,(H,25,28,29)/t15?,18-,22+/m0/s1. The zero-order valence-electron chi connectivity index (χ0n) is 16.7. The van der Waals surface area contributed by atoms with Crippen molar-refractivity contribution in [3.8, 4) is 5.75 Å². The van der Waals surface area contributed by atoms with Crippen LogP contribution < -0.4 is 10.1 Å². The lowest BCUT2D eigenvalue weighted by Gasteiger charge is -2.27. The van der Waals surface area contributed by atoms with Crippen molar-refractivity contribution in [1.29, 1.82) is 0 Å². The van der Waals surface area contributed by atoms with Gasteiger partial charge in [-0.25, -0.2) is 19.3 Å². The van der Waals surface area contributed by atoms with Gasteiger partial charge in [0.05, 0.1) is 18.5 Å². The van der Waals surface area contributed by atoms with Crippen molar-refractivity contribution in [3.63, 3.8) is 0 Å². The van der Waals surface area contributed by atoms with Gasteiger partial charge in [-0.1, -0.05) is 17.7 Å². The first kappa shape index (κ1) is 20.5. The molecule has 6 nitrogen and oxygen atoms in total. The number of rotatable bonds is 6. The highest BCUT2D eigenvalue weighted by Gasteiger charge is 2.62. The summed E-state index contributed by atoms with van der Waals surface area (Å²) in [6, 6.07) is 3.25. The van der Waals surface area contributed by atoms with Crippen LogP contribution in [0.15, 0.2) is 48.6 Å². The number of nitrogens with one attached hydrogen (secondary N) is 1. The van der Waals surface area contributed by atoms with Crippen LogP contribution in [-0.2, 0) is 4.79 Å². The Morgan fingerprint density at radius 1 is 1.40 bits per heavy atom. The minimum Gasteiger partial charge on any atom is -0.489 e. The number of anilines is 1. The van der Waals surface area contributed by atoms with Gasteiger partial charge in [0.1, 0.15) is 17.5 Å². The predicted octanol–water partition coefficient (Wildman–Crippen LogP) is 4.60. The van der Waals surface area contributed by atoms with Crippen molar-refractivity contribution in [2.45, 2.75) is 26.7 Å². The number of ether oxygens (including phenoxy) is 1. The first-order valence-corrected chi connectivity index (χ1v) is 10.1. The van der Waals surface area contributed by atoms with Crippen molar-refractivity contribution in [2.24, 2.45) is 17.3 Å². The second-order valence-electron chi connectivity index (χ2n) is 7.78. The van der Waals surface area contributed by atoms with Crippen LogP contribution in [0.25, 0.3) is 0 Å². The fourth-order valence-corrected chi connectivity index (χ4v) is 4.14. The van der Waals surface area contributed by atoms with Crippen molar-refractivity contribution in [2.75, 3.05) is 11.9 Å². The average Bonchev–Trinajstić information content (AvgIpc) is 3.44.